The highest BCUT2D eigenvalue weighted by atomic mass is 32.2. The zero-order valence-corrected chi connectivity index (χ0v) is 13.2. The van der Waals surface area contributed by atoms with Crippen LogP contribution in [0.2, 0.25) is 0 Å². The van der Waals surface area contributed by atoms with E-state index in [2.05, 4.69) is 48.4 Å². The second-order valence-corrected chi connectivity index (χ2v) is 6.93. The lowest BCUT2D eigenvalue weighted by Gasteiger charge is -2.16. The van der Waals surface area contributed by atoms with Crippen molar-refractivity contribution in [3.05, 3.63) is 47.0 Å². The van der Waals surface area contributed by atoms with Gasteiger partial charge < -0.3 is 5.32 Å². The summed E-state index contributed by atoms with van der Waals surface area (Å²) in [6.45, 7) is 4.45. The minimum Gasteiger partial charge on any atom is -0.312 e. The summed E-state index contributed by atoms with van der Waals surface area (Å²) in [5.74, 6) is 1.59. The van der Waals surface area contributed by atoms with Crippen LogP contribution in [-0.4, -0.2) is 17.8 Å². The molecule has 0 radical (unpaired) electrons. The molecule has 0 saturated carbocycles. The van der Waals surface area contributed by atoms with Gasteiger partial charge in [-0.2, -0.15) is 0 Å². The molecule has 102 valence electrons. The second kappa shape index (κ2) is 7.08. The first-order valence-electron chi connectivity index (χ1n) is 6.50. The van der Waals surface area contributed by atoms with Crippen molar-refractivity contribution in [3.8, 4) is 0 Å². The highest BCUT2D eigenvalue weighted by Gasteiger charge is 2.11. The SMILES string of the molecule is CNC(CSc1nccs1)c1ccc(C(C)C)cc1. The van der Waals surface area contributed by atoms with Gasteiger partial charge in [0, 0.05) is 23.4 Å². The van der Waals surface area contributed by atoms with Gasteiger partial charge in [-0.1, -0.05) is 49.9 Å². The number of nitrogens with zero attached hydrogens (tertiary/aromatic N) is 1. The maximum atomic E-state index is 4.31. The van der Waals surface area contributed by atoms with E-state index >= 15 is 0 Å². The zero-order valence-electron chi connectivity index (χ0n) is 11.6. The Morgan fingerprint density at radius 3 is 2.42 bits per heavy atom. The Bertz CT molecular complexity index is 477. The Balaban J connectivity index is 2.00. The van der Waals surface area contributed by atoms with Gasteiger partial charge in [-0.05, 0) is 24.1 Å². The summed E-state index contributed by atoms with van der Waals surface area (Å²) >= 11 is 3.51. The maximum absolute atomic E-state index is 4.31. The van der Waals surface area contributed by atoms with Crippen molar-refractivity contribution in [1.82, 2.24) is 10.3 Å². The van der Waals surface area contributed by atoms with E-state index in [-0.39, 0.29) is 0 Å². The predicted molar refractivity (Wildman–Crippen MR) is 85.2 cm³/mol. The average molecular weight is 292 g/mol. The minimum absolute atomic E-state index is 0.370. The molecule has 4 heteroatoms. The van der Waals surface area contributed by atoms with Gasteiger partial charge in [0.1, 0.15) is 4.34 Å². The average Bonchev–Trinajstić information content (AvgIpc) is 2.93. The summed E-state index contributed by atoms with van der Waals surface area (Å²) in [5.41, 5.74) is 2.74. The van der Waals surface area contributed by atoms with E-state index in [1.807, 2.05) is 30.4 Å². The number of thiazole rings is 1. The van der Waals surface area contributed by atoms with Crippen LogP contribution in [0.3, 0.4) is 0 Å². The lowest BCUT2D eigenvalue weighted by Crippen LogP contribution is -2.18. The summed E-state index contributed by atoms with van der Waals surface area (Å²) in [6.07, 6.45) is 1.86. The topological polar surface area (TPSA) is 24.9 Å². The van der Waals surface area contributed by atoms with Crippen molar-refractivity contribution in [2.45, 2.75) is 30.1 Å². The number of hydrogen-bond donors (Lipinski definition) is 1. The van der Waals surface area contributed by atoms with Crippen molar-refractivity contribution in [3.63, 3.8) is 0 Å². The fraction of sp³-hybridized carbons (Fsp3) is 0.400. The monoisotopic (exact) mass is 292 g/mol. The van der Waals surface area contributed by atoms with Crippen LogP contribution in [0.1, 0.15) is 36.9 Å². The van der Waals surface area contributed by atoms with Gasteiger partial charge in [0.15, 0.2) is 0 Å². The number of rotatable bonds is 6. The number of aromatic nitrogens is 1. The minimum atomic E-state index is 0.370. The number of benzene rings is 1. The van der Waals surface area contributed by atoms with Crippen molar-refractivity contribution < 1.29 is 0 Å². The molecule has 0 amide bonds. The van der Waals surface area contributed by atoms with Gasteiger partial charge in [0.05, 0.1) is 0 Å². The molecule has 2 aromatic rings. The molecule has 0 aliphatic carbocycles. The molecular formula is C15H20N2S2. The molecule has 1 heterocycles. The Labute approximate surface area is 123 Å². The molecule has 1 unspecified atom stereocenters. The van der Waals surface area contributed by atoms with Crippen molar-refractivity contribution in [1.29, 1.82) is 0 Å². The van der Waals surface area contributed by atoms with Gasteiger partial charge in [-0.15, -0.1) is 11.3 Å². The van der Waals surface area contributed by atoms with E-state index in [9.17, 15) is 0 Å². The lowest BCUT2D eigenvalue weighted by atomic mass is 10.00. The molecule has 0 bridgehead atoms. The van der Waals surface area contributed by atoms with Crippen LogP contribution in [-0.2, 0) is 0 Å². The van der Waals surface area contributed by atoms with E-state index in [1.165, 1.54) is 11.1 Å². The second-order valence-electron chi connectivity index (χ2n) is 4.77. The molecule has 1 aromatic heterocycles. The number of hydrogen-bond acceptors (Lipinski definition) is 4. The summed E-state index contributed by atoms with van der Waals surface area (Å²) < 4.78 is 1.14. The van der Waals surface area contributed by atoms with Gasteiger partial charge in [-0.3, -0.25) is 0 Å². The smallest absolute Gasteiger partial charge is 0.149 e. The van der Waals surface area contributed by atoms with E-state index in [0.717, 1.165) is 10.1 Å². The van der Waals surface area contributed by atoms with Gasteiger partial charge >= 0.3 is 0 Å². The number of nitrogens with one attached hydrogen (secondary N) is 1. The molecule has 19 heavy (non-hydrogen) atoms. The Morgan fingerprint density at radius 2 is 1.89 bits per heavy atom. The van der Waals surface area contributed by atoms with Crippen LogP contribution in [0.4, 0.5) is 0 Å². The Morgan fingerprint density at radius 1 is 1.21 bits per heavy atom. The molecule has 1 atom stereocenters. The van der Waals surface area contributed by atoms with E-state index in [0.29, 0.717) is 12.0 Å². The third kappa shape index (κ3) is 4.06. The van der Waals surface area contributed by atoms with Crippen molar-refractivity contribution in [2.24, 2.45) is 0 Å². The van der Waals surface area contributed by atoms with E-state index in [1.54, 1.807) is 11.3 Å². The van der Waals surface area contributed by atoms with Crippen LogP contribution in [0.25, 0.3) is 0 Å². The molecule has 0 spiro atoms. The van der Waals surface area contributed by atoms with Gasteiger partial charge in [0.25, 0.3) is 0 Å². The maximum Gasteiger partial charge on any atom is 0.149 e. The van der Waals surface area contributed by atoms with Crippen LogP contribution in [0.15, 0.2) is 40.2 Å². The number of thioether (sulfide) groups is 1. The molecule has 0 saturated heterocycles. The molecule has 1 N–H and O–H groups in total. The van der Waals surface area contributed by atoms with Crippen LogP contribution in [0.5, 0.6) is 0 Å². The summed E-state index contributed by atoms with van der Waals surface area (Å²) in [5, 5.41) is 5.41. The van der Waals surface area contributed by atoms with Gasteiger partial charge in [-0.25, -0.2) is 4.98 Å². The Kier molecular flexibility index (Phi) is 5.43. The van der Waals surface area contributed by atoms with Gasteiger partial charge in [0.2, 0.25) is 0 Å². The first kappa shape index (κ1) is 14.6. The summed E-state index contributed by atoms with van der Waals surface area (Å²) in [7, 11) is 2.02. The summed E-state index contributed by atoms with van der Waals surface area (Å²) in [6, 6.07) is 9.31. The van der Waals surface area contributed by atoms with Crippen LogP contribution < -0.4 is 5.32 Å². The molecule has 0 fully saturated rings. The molecule has 2 rings (SSSR count). The van der Waals surface area contributed by atoms with Crippen molar-refractivity contribution in [2.75, 3.05) is 12.8 Å². The first-order valence-corrected chi connectivity index (χ1v) is 8.36. The predicted octanol–water partition coefficient (Wildman–Crippen LogP) is 4.32. The lowest BCUT2D eigenvalue weighted by molar-refractivity contribution is 0.661. The third-order valence-electron chi connectivity index (χ3n) is 3.14. The van der Waals surface area contributed by atoms with E-state index in [4.69, 9.17) is 0 Å². The van der Waals surface area contributed by atoms with Crippen molar-refractivity contribution >= 4 is 23.1 Å². The first-order chi connectivity index (χ1) is 9.20. The fourth-order valence-corrected chi connectivity index (χ4v) is 3.70. The fourth-order valence-electron chi connectivity index (χ4n) is 1.90. The Hall–Kier alpha value is -0.840. The quantitative estimate of drug-likeness (QED) is 0.803. The highest BCUT2D eigenvalue weighted by Crippen LogP contribution is 2.26. The molecule has 0 aliphatic heterocycles. The molecule has 0 aliphatic rings. The van der Waals surface area contributed by atoms with Crippen LogP contribution in [0, 0.1) is 0 Å². The molecule has 2 nitrogen and oxygen atoms in total. The highest BCUT2D eigenvalue weighted by molar-refractivity contribution is 8.01. The molecule has 1 aromatic carbocycles. The third-order valence-corrected chi connectivity index (χ3v) is 5.20. The van der Waals surface area contributed by atoms with E-state index < -0.39 is 0 Å². The zero-order chi connectivity index (χ0) is 13.7. The summed E-state index contributed by atoms with van der Waals surface area (Å²) in [4.78, 5) is 4.31. The normalized spacial score (nSPS) is 12.8. The van der Waals surface area contributed by atoms with Crippen LogP contribution >= 0.6 is 23.1 Å². The molecular weight excluding hydrogens is 272 g/mol. The largest absolute Gasteiger partial charge is 0.312 e. The standard InChI is InChI=1S/C15H20N2S2/c1-11(2)12-4-6-13(7-5-12)14(16-3)10-19-15-17-8-9-18-15/h4-9,11,14,16H,10H2,1-3H3.